The molecule has 0 bridgehead atoms. The zero-order valence-corrected chi connectivity index (χ0v) is 12.7. The number of hydrogen-bond donors (Lipinski definition) is 2. The smallest absolute Gasteiger partial charge is 0.321 e. The number of amides is 2. The highest BCUT2D eigenvalue weighted by atomic mass is 35.5. The van der Waals surface area contributed by atoms with Gasteiger partial charge >= 0.3 is 12.0 Å². The van der Waals surface area contributed by atoms with Crippen LogP contribution in [-0.4, -0.2) is 43.8 Å². The van der Waals surface area contributed by atoms with Crippen LogP contribution in [0.15, 0.2) is 6.07 Å². The fourth-order valence-electron chi connectivity index (χ4n) is 1.98. The van der Waals surface area contributed by atoms with Gasteiger partial charge in [0, 0.05) is 13.1 Å². The summed E-state index contributed by atoms with van der Waals surface area (Å²) < 4.78 is 8.11. The molecule has 0 unspecified atom stereocenters. The van der Waals surface area contributed by atoms with Gasteiger partial charge in [-0.2, -0.15) is 8.75 Å². The second-order valence-corrected chi connectivity index (χ2v) is 5.89. The predicted octanol–water partition coefficient (Wildman–Crippen LogP) is 2.55. The van der Waals surface area contributed by atoms with E-state index in [0.717, 1.165) is 11.7 Å². The summed E-state index contributed by atoms with van der Waals surface area (Å²) in [5, 5.41) is 12.0. The molecule has 0 spiro atoms. The van der Waals surface area contributed by atoms with Crippen LogP contribution in [0.5, 0.6) is 0 Å². The Hall–Kier alpha value is -1.64. The van der Waals surface area contributed by atoms with Crippen molar-refractivity contribution >= 4 is 63.7 Å². The molecule has 110 valence electrons. The summed E-state index contributed by atoms with van der Waals surface area (Å²) in [6.45, 7) is 0.343. The minimum atomic E-state index is -0.908. The molecule has 10 heteroatoms. The van der Waals surface area contributed by atoms with E-state index in [1.807, 2.05) is 0 Å². The standard InChI is InChI=1S/C11H8Cl2N4O3S/c12-5-1-6(13)8-9(16-21-15-8)7(5)14-11(20)17-2-4(3-17)10(18)19/h1,4H,2-3H2,(H,14,20)(H,18,19). The number of aliphatic carboxylic acids is 1. The Bertz CT molecular complexity index is 744. The summed E-state index contributed by atoms with van der Waals surface area (Å²) in [6, 6.07) is 1.06. The van der Waals surface area contributed by atoms with Gasteiger partial charge in [-0.25, -0.2) is 4.79 Å². The normalized spacial score (nSPS) is 15.0. The molecule has 3 rings (SSSR count). The van der Waals surface area contributed by atoms with E-state index in [-0.39, 0.29) is 18.1 Å². The monoisotopic (exact) mass is 346 g/mol. The van der Waals surface area contributed by atoms with Gasteiger partial charge in [0.25, 0.3) is 0 Å². The number of benzene rings is 1. The Kier molecular flexibility index (Phi) is 3.60. The third-order valence-corrected chi connectivity index (χ3v) is 4.31. The van der Waals surface area contributed by atoms with Crippen molar-refractivity contribution in [3.8, 4) is 0 Å². The molecule has 1 aromatic carbocycles. The highest BCUT2D eigenvalue weighted by Crippen LogP contribution is 2.35. The zero-order chi connectivity index (χ0) is 15.1. The number of likely N-dealkylation sites (tertiary alicyclic amines) is 1. The van der Waals surface area contributed by atoms with E-state index >= 15 is 0 Å². The quantitative estimate of drug-likeness (QED) is 0.870. The third-order valence-electron chi connectivity index (χ3n) is 3.19. The minimum Gasteiger partial charge on any atom is -0.481 e. The highest BCUT2D eigenvalue weighted by molar-refractivity contribution is 7.00. The Morgan fingerprint density at radius 3 is 2.62 bits per heavy atom. The number of carbonyl (C=O) groups excluding carboxylic acids is 1. The molecule has 2 amide bonds. The van der Waals surface area contributed by atoms with E-state index in [9.17, 15) is 9.59 Å². The number of nitrogens with zero attached hydrogens (tertiary/aromatic N) is 3. The molecule has 2 N–H and O–H groups in total. The Labute approximate surface area is 132 Å². The maximum absolute atomic E-state index is 12.1. The van der Waals surface area contributed by atoms with Crippen LogP contribution in [-0.2, 0) is 4.79 Å². The van der Waals surface area contributed by atoms with Crippen LogP contribution in [0.25, 0.3) is 11.0 Å². The number of carboxylic acids is 1. The van der Waals surface area contributed by atoms with Crippen molar-refractivity contribution in [1.29, 1.82) is 0 Å². The van der Waals surface area contributed by atoms with Crippen molar-refractivity contribution < 1.29 is 14.7 Å². The lowest BCUT2D eigenvalue weighted by atomic mass is 10.0. The summed E-state index contributed by atoms with van der Waals surface area (Å²) in [6.07, 6.45) is 0. The molecule has 0 atom stereocenters. The molecule has 0 radical (unpaired) electrons. The van der Waals surface area contributed by atoms with Gasteiger partial charge in [-0.15, -0.1) is 0 Å². The lowest BCUT2D eigenvalue weighted by Crippen LogP contribution is -2.54. The molecule has 1 saturated heterocycles. The molecular weight excluding hydrogens is 339 g/mol. The van der Waals surface area contributed by atoms with Crippen molar-refractivity contribution in [3.63, 3.8) is 0 Å². The number of carbonyl (C=O) groups is 2. The van der Waals surface area contributed by atoms with Gasteiger partial charge in [0.15, 0.2) is 0 Å². The topological polar surface area (TPSA) is 95.4 Å². The largest absolute Gasteiger partial charge is 0.481 e. The summed E-state index contributed by atoms with van der Waals surface area (Å²) in [5.41, 5.74) is 1.21. The lowest BCUT2D eigenvalue weighted by molar-refractivity contribution is -0.145. The van der Waals surface area contributed by atoms with Crippen LogP contribution in [0.2, 0.25) is 10.0 Å². The minimum absolute atomic E-state index is 0.171. The van der Waals surface area contributed by atoms with E-state index in [0.29, 0.717) is 21.7 Å². The third kappa shape index (κ3) is 2.50. The van der Waals surface area contributed by atoms with Gasteiger partial charge in [-0.05, 0) is 6.07 Å². The van der Waals surface area contributed by atoms with E-state index in [2.05, 4.69) is 14.1 Å². The second-order valence-electron chi connectivity index (χ2n) is 4.55. The van der Waals surface area contributed by atoms with Gasteiger partial charge in [0.2, 0.25) is 0 Å². The fourth-order valence-corrected chi connectivity index (χ4v) is 3.14. The number of nitrogens with one attached hydrogen (secondary N) is 1. The fraction of sp³-hybridized carbons (Fsp3) is 0.273. The first-order valence-corrected chi connectivity index (χ1v) is 7.35. The maximum Gasteiger partial charge on any atom is 0.321 e. The summed E-state index contributed by atoms with van der Waals surface area (Å²) in [5.74, 6) is -1.42. The number of hydrogen-bond acceptors (Lipinski definition) is 5. The van der Waals surface area contributed by atoms with E-state index < -0.39 is 17.9 Å². The molecule has 0 saturated carbocycles. The highest BCUT2D eigenvalue weighted by Gasteiger charge is 2.36. The van der Waals surface area contributed by atoms with Gasteiger partial charge in [-0.3, -0.25) is 4.79 Å². The van der Waals surface area contributed by atoms with E-state index in [1.165, 1.54) is 11.0 Å². The molecule has 1 aliphatic rings. The van der Waals surface area contributed by atoms with Gasteiger partial charge in [-0.1, -0.05) is 23.2 Å². The van der Waals surface area contributed by atoms with Crippen molar-refractivity contribution in [2.24, 2.45) is 5.92 Å². The van der Waals surface area contributed by atoms with Gasteiger partial charge in [0.1, 0.15) is 11.0 Å². The van der Waals surface area contributed by atoms with E-state index in [4.69, 9.17) is 28.3 Å². The summed E-state index contributed by atoms with van der Waals surface area (Å²) in [7, 11) is 0. The molecule has 2 heterocycles. The first kappa shape index (κ1) is 14.3. The maximum atomic E-state index is 12.1. The SMILES string of the molecule is O=C(O)C1CN(C(=O)Nc2c(Cl)cc(Cl)c3nsnc23)C1. The van der Waals surface area contributed by atoms with Crippen molar-refractivity contribution in [3.05, 3.63) is 16.1 Å². The van der Waals surface area contributed by atoms with Crippen LogP contribution >= 0.6 is 34.9 Å². The van der Waals surface area contributed by atoms with Gasteiger partial charge in [0.05, 0.1) is 33.4 Å². The van der Waals surface area contributed by atoms with Crippen molar-refractivity contribution in [2.45, 2.75) is 0 Å². The van der Waals surface area contributed by atoms with Crippen LogP contribution in [0.3, 0.4) is 0 Å². The molecule has 7 nitrogen and oxygen atoms in total. The van der Waals surface area contributed by atoms with Gasteiger partial charge < -0.3 is 15.3 Å². The molecule has 1 aromatic heterocycles. The Balaban J connectivity index is 1.81. The number of halogens is 2. The Morgan fingerprint density at radius 1 is 1.29 bits per heavy atom. The summed E-state index contributed by atoms with van der Waals surface area (Å²) in [4.78, 5) is 24.2. The second kappa shape index (κ2) is 5.28. The molecule has 2 aromatic rings. The van der Waals surface area contributed by atoms with Crippen LogP contribution < -0.4 is 5.32 Å². The number of urea groups is 1. The zero-order valence-electron chi connectivity index (χ0n) is 10.3. The average Bonchev–Trinajstić information content (AvgIpc) is 2.81. The number of rotatable bonds is 2. The number of fused-ring (bicyclic) bond motifs is 1. The first-order valence-electron chi connectivity index (χ1n) is 5.86. The molecule has 21 heavy (non-hydrogen) atoms. The van der Waals surface area contributed by atoms with Crippen molar-refractivity contribution in [2.75, 3.05) is 18.4 Å². The average molecular weight is 347 g/mol. The molecular formula is C11H8Cl2N4O3S. The van der Waals surface area contributed by atoms with Crippen LogP contribution in [0.4, 0.5) is 10.5 Å². The Morgan fingerprint density at radius 2 is 1.95 bits per heavy atom. The molecule has 0 aliphatic carbocycles. The molecule has 1 fully saturated rings. The molecule has 1 aliphatic heterocycles. The lowest BCUT2D eigenvalue weighted by Gasteiger charge is -2.36. The number of aromatic nitrogens is 2. The van der Waals surface area contributed by atoms with E-state index in [1.54, 1.807) is 0 Å². The number of carboxylic acid groups (broad SMARTS) is 1. The number of anilines is 1. The first-order chi connectivity index (χ1) is 9.97. The summed E-state index contributed by atoms with van der Waals surface area (Å²) >= 11 is 13.0. The van der Waals surface area contributed by atoms with Crippen molar-refractivity contribution in [1.82, 2.24) is 13.6 Å². The predicted molar refractivity (Wildman–Crippen MR) is 79.2 cm³/mol. The van der Waals surface area contributed by atoms with Crippen LogP contribution in [0.1, 0.15) is 0 Å². The van der Waals surface area contributed by atoms with Crippen LogP contribution in [0, 0.1) is 5.92 Å².